The van der Waals surface area contributed by atoms with Crippen LogP contribution in [0.4, 0.5) is 0 Å². The molecule has 0 radical (unpaired) electrons. The van der Waals surface area contributed by atoms with E-state index in [0.29, 0.717) is 12.2 Å². The molecule has 0 bridgehead atoms. The molecule has 1 aromatic carbocycles. The minimum absolute atomic E-state index is 0. The predicted octanol–water partition coefficient (Wildman–Crippen LogP) is 1.78. The molecule has 1 aliphatic heterocycles. The summed E-state index contributed by atoms with van der Waals surface area (Å²) >= 11 is 0. The molecular formula is C9H10O2. The third kappa shape index (κ3) is 1.24. The van der Waals surface area contributed by atoms with Gasteiger partial charge in [0.2, 0.25) is 0 Å². The second-order valence-corrected chi connectivity index (χ2v) is 2.26. The summed E-state index contributed by atoms with van der Waals surface area (Å²) in [5.41, 5.74) is 0.993. The van der Waals surface area contributed by atoms with Crippen molar-refractivity contribution in [3.8, 4) is 5.75 Å². The second kappa shape index (κ2) is 2.74. The lowest BCUT2D eigenvalue weighted by Gasteiger charge is -1.91. The van der Waals surface area contributed by atoms with Crippen molar-refractivity contribution < 1.29 is 9.53 Å². The van der Waals surface area contributed by atoms with E-state index in [-0.39, 0.29) is 13.4 Å². The molecule has 0 N–H and O–H groups in total. The van der Waals surface area contributed by atoms with E-state index in [0.717, 1.165) is 5.56 Å². The number of ether oxygens (including phenoxy) is 1. The third-order valence-corrected chi connectivity index (χ3v) is 1.53. The van der Waals surface area contributed by atoms with Gasteiger partial charge in [-0.15, -0.1) is 0 Å². The fourth-order valence-electron chi connectivity index (χ4n) is 1.06. The maximum atomic E-state index is 10.7. The van der Waals surface area contributed by atoms with Gasteiger partial charge < -0.3 is 4.74 Å². The van der Waals surface area contributed by atoms with Crippen molar-refractivity contribution in [1.29, 1.82) is 0 Å². The van der Waals surface area contributed by atoms with Crippen LogP contribution in [-0.4, -0.2) is 5.97 Å². The summed E-state index contributed by atoms with van der Waals surface area (Å²) in [7, 11) is 0. The lowest BCUT2D eigenvalue weighted by Crippen LogP contribution is -1.99. The number of para-hydroxylation sites is 1. The first-order valence-electron chi connectivity index (χ1n) is 3.15. The highest BCUT2D eigenvalue weighted by Crippen LogP contribution is 2.24. The van der Waals surface area contributed by atoms with E-state index < -0.39 is 0 Å². The molecule has 0 saturated heterocycles. The first-order valence-corrected chi connectivity index (χ1v) is 3.15. The molecular weight excluding hydrogens is 140 g/mol. The molecule has 2 rings (SSSR count). The predicted molar refractivity (Wildman–Crippen MR) is 42.5 cm³/mol. The van der Waals surface area contributed by atoms with Gasteiger partial charge in [0.15, 0.2) is 0 Å². The number of hydrogen-bond acceptors (Lipinski definition) is 2. The highest BCUT2D eigenvalue weighted by molar-refractivity contribution is 5.80. The molecule has 2 heteroatoms. The van der Waals surface area contributed by atoms with Crippen molar-refractivity contribution in [1.82, 2.24) is 0 Å². The molecule has 0 spiro atoms. The summed E-state index contributed by atoms with van der Waals surface area (Å²) in [4.78, 5) is 10.7. The molecule has 0 atom stereocenters. The Kier molecular flexibility index (Phi) is 1.94. The maximum absolute atomic E-state index is 10.7. The lowest BCUT2D eigenvalue weighted by atomic mass is 10.2. The topological polar surface area (TPSA) is 26.3 Å². The monoisotopic (exact) mass is 150 g/mol. The van der Waals surface area contributed by atoms with Crippen molar-refractivity contribution >= 4 is 5.97 Å². The highest BCUT2D eigenvalue weighted by Gasteiger charge is 2.18. The molecule has 0 amide bonds. The van der Waals surface area contributed by atoms with Crippen LogP contribution in [0.25, 0.3) is 0 Å². The van der Waals surface area contributed by atoms with E-state index in [1.54, 1.807) is 6.07 Å². The fraction of sp³-hybridized carbons (Fsp3) is 0.222. The number of hydrogen-bond donors (Lipinski definition) is 0. The molecule has 0 aromatic heterocycles. The minimum atomic E-state index is -0.152. The SMILES string of the molecule is C.O=C1Cc2ccccc2O1. The van der Waals surface area contributed by atoms with Gasteiger partial charge in [-0.1, -0.05) is 25.6 Å². The van der Waals surface area contributed by atoms with Gasteiger partial charge in [0.1, 0.15) is 5.75 Å². The van der Waals surface area contributed by atoms with Crippen LogP contribution in [0.5, 0.6) is 5.75 Å². The Morgan fingerprint density at radius 1 is 1.27 bits per heavy atom. The van der Waals surface area contributed by atoms with Crippen LogP contribution in [0.15, 0.2) is 24.3 Å². The largest absolute Gasteiger partial charge is 0.426 e. The molecule has 11 heavy (non-hydrogen) atoms. The third-order valence-electron chi connectivity index (χ3n) is 1.53. The van der Waals surface area contributed by atoms with Crippen molar-refractivity contribution in [3.05, 3.63) is 29.8 Å². The van der Waals surface area contributed by atoms with Gasteiger partial charge in [-0.3, -0.25) is 4.79 Å². The van der Waals surface area contributed by atoms with Gasteiger partial charge in [-0.2, -0.15) is 0 Å². The van der Waals surface area contributed by atoms with Gasteiger partial charge in [-0.05, 0) is 6.07 Å². The summed E-state index contributed by atoms with van der Waals surface area (Å²) < 4.78 is 4.87. The van der Waals surface area contributed by atoms with Crippen LogP contribution in [0.2, 0.25) is 0 Å². The zero-order valence-corrected chi connectivity index (χ0v) is 5.33. The van der Waals surface area contributed by atoms with E-state index in [1.807, 2.05) is 18.2 Å². The van der Waals surface area contributed by atoms with Crippen molar-refractivity contribution in [2.75, 3.05) is 0 Å². The van der Waals surface area contributed by atoms with Gasteiger partial charge >= 0.3 is 5.97 Å². The number of benzene rings is 1. The van der Waals surface area contributed by atoms with Gasteiger partial charge in [0, 0.05) is 5.56 Å². The smallest absolute Gasteiger partial charge is 0.315 e. The fourth-order valence-corrected chi connectivity index (χ4v) is 1.06. The summed E-state index contributed by atoms with van der Waals surface area (Å²) in [6.07, 6.45) is 0.427. The molecule has 1 heterocycles. The number of esters is 1. The van der Waals surface area contributed by atoms with Gasteiger partial charge in [0.25, 0.3) is 0 Å². The first kappa shape index (κ1) is 7.79. The molecule has 58 valence electrons. The highest BCUT2D eigenvalue weighted by atomic mass is 16.5. The summed E-state index contributed by atoms with van der Waals surface area (Å²) in [5, 5.41) is 0. The molecule has 2 nitrogen and oxygen atoms in total. The van der Waals surface area contributed by atoms with Crippen molar-refractivity contribution in [2.24, 2.45) is 0 Å². The van der Waals surface area contributed by atoms with Gasteiger partial charge in [-0.25, -0.2) is 0 Å². The Bertz CT molecular complexity index is 252. The Balaban J connectivity index is 0.000000605. The number of rotatable bonds is 0. The standard InChI is InChI=1S/C8H6O2.CH4/c9-8-5-6-3-1-2-4-7(6)10-8;/h1-4H,5H2;1H4. The van der Waals surface area contributed by atoms with E-state index in [4.69, 9.17) is 4.74 Å². The minimum Gasteiger partial charge on any atom is -0.426 e. The van der Waals surface area contributed by atoms with E-state index >= 15 is 0 Å². The van der Waals surface area contributed by atoms with Crippen molar-refractivity contribution in [3.63, 3.8) is 0 Å². The maximum Gasteiger partial charge on any atom is 0.315 e. The van der Waals surface area contributed by atoms with Crippen LogP contribution >= 0.6 is 0 Å². The molecule has 0 aliphatic carbocycles. The zero-order valence-electron chi connectivity index (χ0n) is 5.33. The Morgan fingerprint density at radius 2 is 2.00 bits per heavy atom. The van der Waals surface area contributed by atoms with E-state index in [9.17, 15) is 4.79 Å². The quantitative estimate of drug-likeness (QED) is 0.416. The Labute approximate surface area is 65.8 Å². The summed E-state index contributed by atoms with van der Waals surface area (Å²) in [6, 6.07) is 7.47. The first-order chi connectivity index (χ1) is 4.86. The second-order valence-electron chi connectivity index (χ2n) is 2.26. The van der Waals surface area contributed by atoms with Crippen molar-refractivity contribution in [2.45, 2.75) is 13.8 Å². The lowest BCUT2D eigenvalue weighted by molar-refractivity contribution is -0.131. The molecule has 0 fully saturated rings. The van der Waals surface area contributed by atoms with E-state index in [2.05, 4.69) is 0 Å². The summed E-state index contributed by atoms with van der Waals surface area (Å²) in [5.74, 6) is 0.564. The number of fused-ring (bicyclic) bond motifs is 1. The Morgan fingerprint density at radius 3 is 2.73 bits per heavy atom. The summed E-state index contributed by atoms with van der Waals surface area (Å²) in [6.45, 7) is 0. The molecule has 1 aliphatic rings. The van der Waals surface area contributed by atoms with Crippen LogP contribution in [-0.2, 0) is 11.2 Å². The average molecular weight is 150 g/mol. The normalized spacial score (nSPS) is 13.3. The Hall–Kier alpha value is -1.31. The number of carbonyl (C=O) groups is 1. The van der Waals surface area contributed by atoms with Crippen LogP contribution in [0.1, 0.15) is 13.0 Å². The average Bonchev–Trinajstić information content (AvgIpc) is 2.27. The van der Waals surface area contributed by atoms with Crippen LogP contribution in [0.3, 0.4) is 0 Å². The van der Waals surface area contributed by atoms with Gasteiger partial charge in [0.05, 0.1) is 6.42 Å². The molecule has 0 saturated carbocycles. The van der Waals surface area contributed by atoms with Crippen LogP contribution in [0, 0.1) is 0 Å². The number of carbonyl (C=O) groups excluding carboxylic acids is 1. The molecule has 1 aromatic rings. The van der Waals surface area contributed by atoms with E-state index in [1.165, 1.54) is 0 Å². The van der Waals surface area contributed by atoms with Crippen LogP contribution < -0.4 is 4.74 Å². The zero-order chi connectivity index (χ0) is 6.97. The molecule has 0 unspecified atom stereocenters.